The van der Waals surface area contributed by atoms with Gasteiger partial charge in [-0.2, -0.15) is 0 Å². The quantitative estimate of drug-likeness (QED) is 0.486. The van der Waals surface area contributed by atoms with Crippen LogP contribution in [0.25, 0.3) is 0 Å². The predicted octanol–water partition coefficient (Wildman–Crippen LogP) is 3.27. The Bertz CT molecular complexity index is 684. The molecular formula is C16H11BrO4. The highest BCUT2D eigenvalue weighted by atomic mass is 79.9. The van der Waals surface area contributed by atoms with Crippen LogP contribution in [-0.4, -0.2) is 16.8 Å². The number of benzene rings is 2. The normalized spacial score (nSPS) is 17.8. The third kappa shape index (κ3) is 2.69. The molecule has 2 aromatic carbocycles. The average Bonchev–Trinajstić information content (AvgIpc) is 2.85. The van der Waals surface area contributed by atoms with Gasteiger partial charge in [-0.1, -0.05) is 52.3 Å². The molecule has 0 bridgehead atoms. The van der Waals surface area contributed by atoms with Crippen LogP contribution in [0.3, 0.4) is 0 Å². The number of hydrogen-bond acceptors (Lipinski definition) is 4. The van der Waals surface area contributed by atoms with Crippen LogP contribution in [0, 0.1) is 0 Å². The maximum absolute atomic E-state index is 12.2. The zero-order chi connectivity index (χ0) is 14.8. The van der Waals surface area contributed by atoms with E-state index in [0.29, 0.717) is 16.9 Å². The maximum Gasteiger partial charge on any atom is 0.339 e. The third-order valence-electron chi connectivity index (χ3n) is 3.17. The van der Waals surface area contributed by atoms with Gasteiger partial charge >= 0.3 is 11.9 Å². The molecule has 21 heavy (non-hydrogen) atoms. The lowest BCUT2D eigenvalue weighted by atomic mass is 10.0. The first kappa shape index (κ1) is 13.8. The van der Waals surface area contributed by atoms with E-state index in [9.17, 15) is 9.59 Å². The van der Waals surface area contributed by atoms with Gasteiger partial charge in [-0.15, -0.1) is 0 Å². The molecule has 0 unspecified atom stereocenters. The summed E-state index contributed by atoms with van der Waals surface area (Å²) in [7, 11) is 0. The highest BCUT2D eigenvalue weighted by Crippen LogP contribution is 2.36. The summed E-state index contributed by atoms with van der Waals surface area (Å²) in [6.45, 7) is 0. The number of rotatable bonds is 3. The molecule has 2 atom stereocenters. The molecule has 3 rings (SSSR count). The molecule has 0 aromatic heterocycles. The summed E-state index contributed by atoms with van der Waals surface area (Å²) in [6, 6.07) is 15.8. The second-order valence-corrected chi connectivity index (χ2v) is 5.54. The molecule has 106 valence electrons. The Balaban J connectivity index is 1.79. The van der Waals surface area contributed by atoms with Crippen molar-refractivity contribution < 1.29 is 19.1 Å². The van der Waals surface area contributed by atoms with E-state index in [1.54, 1.807) is 48.5 Å². The minimum atomic E-state index is -0.759. The standard InChI is InChI=1S/C16H11BrO4/c17-13(16(19)20-10-6-2-1-3-7-10)14-11-8-4-5-9-12(11)15(18)21-14/h1-9,13-14H/t13-,14-/m1/s1. The van der Waals surface area contributed by atoms with Crippen LogP contribution in [0.5, 0.6) is 5.75 Å². The Morgan fingerprint density at radius 2 is 1.76 bits per heavy atom. The van der Waals surface area contributed by atoms with E-state index in [1.165, 1.54) is 0 Å². The summed E-state index contributed by atoms with van der Waals surface area (Å²) < 4.78 is 10.5. The monoisotopic (exact) mass is 346 g/mol. The molecule has 0 amide bonds. The number of cyclic esters (lactones) is 1. The molecule has 0 fully saturated rings. The first-order chi connectivity index (χ1) is 10.2. The zero-order valence-corrected chi connectivity index (χ0v) is 12.4. The Morgan fingerprint density at radius 1 is 1.10 bits per heavy atom. The summed E-state index contributed by atoms with van der Waals surface area (Å²) in [6.07, 6.45) is -0.676. The number of halogens is 1. The molecule has 0 saturated carbocycles. The van der Waals surface area contributed by atoms with E-state index in [-0.39, 0.29) is 0 Å². The highest BCUT2D eigenvalue weighted by molar-refractivity contribution is 9.10. The van der Waals surface area contributed by atoms with Crippen molar-refractivity contribution in [2.75, 3.05) is 0 Å². The average molecular weight is 347 g/mol. The van der Waals surface area contributed by atoms with Crippen LogP contribution in [0.1, 0.15) is 22.0 Å². The van der Waals surface area contributed by atoms with E-state index in [4.69, 9.17) is 9.47 Å². The fourth-order valence-electron chi connectivity index (χ4n) is 2.18. The summed E-state index contributed by atoms with van der Waals surface area (Å²) in [5.41, 5.74) is 1.17. The Hall–Kier alpha value is -2.14. The number of hydrogen-bond donors (Lipinski definition) is 0. The van der Waals surface area contributed by atoms with E-state index in [1.807, 2.05) is 6.07 Å². The number of para-hydroxylation sites is 1. The summed E-state index contributed by atoms with van der Waals surface area (Å²) >= 11 is 3.27. The van der Waals surface area contributed by atoms with Crippen LogP contribution in [0.15, 0.2) is 54.6 Å². The number of fused-ring (bicyclic) bond motifs is 1. The lowest BCUT2D eigenvalue weighted by Gasteiger charge is -2.16. The van der Waals surface area contributed by atoms with E-state index >= 15 is 0 Å². The topological polar surface area (TPSA) is 52.6 Å². The molecule has 0 N–H and O–H groups in total. The Morgan fingerprint density at radius 3 is 2.52 bits per heavy atom. The van der Waals surface area contributed by atoms with Crippen molar-refractivity contribution in [3.8, 4) is 5.75 Å². The summed E-state index contributed by atoms with van der Waals surface area (Å²) in [5, 5.41) is 0. The number of esters is 2. The van der Waals surface area contributed by atoms with Crippen molar-refractivity contribution in [3.63, 3.8) is 0 Å². The van der Waals surface area contributed by atoms with Gasteiger partial charge < -0.3 is 9.47 Å². The van der Waals surface area contributed by atoms with Gasteiger partial charge in [-0.3, -0.25) is 4.79 Å². The number of alkyl halides is 1. The van der Waals surface area contributed by atoms with E-state index < -0.39 is 22.9 Å². The van der Waals surface area contributed by atoms with Crippen molar-refractivity contribution in [1.29, 1.82) is 0 Å². The third-order valence-corrected chi connectivity index (χ3v) is 4.03. The molecule has 1 heterocycles. The number of ether oxygens (including phenoxy) is 2. The van der Waals surface area contributed by atoms with Gasteiger partial charge in [-0.25, -0.2) is 4.79 Å². The summed E-state index contributed by atoms with van der Waals surface area (Å²) in [4.78, 5) is 23.2. The van der Waals surface area contributed by atoms with Crippen molar-refractivity contribution >= 4 is 27.9 Å². The van der Waals surface area contributed by atoms with Gasteiger partial charge in [0.15, 0.2) is 10.9 Å². The largest absolute Gasteiger partial charge is 0.452 e. The summed E-state index contributed by atoms with van der Waals surface area (Å²) in [5.74, 6) is -0.479. The molecule has 0 aliphatic carbocycles. The van der Waals surface area contributed by atoms with Crippen molar-refractivity contribution in [3.05, 3.63) is 65.7 Å². The minimum Gasteiger partial charge on any atom is -0.452 e. The zero-order valence-electron chi connectivity index (χ0n) is 10.9. The maximum atomic E-state index is 12.2. The molecule has 1 aliphatic heterocycles. The first-order valence-corrected chi connectivity index (χ1v) is 7.29. The fraction of sp³-hybridized carbons (Fsp3) is 0.125. The molecule has 0 radical (unpaired) electrons. The molecular weight excluding hydrogens is 336 g/mol. The predicted molar refractivity (Wildman–Crippen MR) is 79.4 cm³/mol. The number of carbonyl (C=O) groups excluding carboxylic acids is 2. The molecule has 2 aromatic rings. The Kier molecular flexibility index (Phi) is 3.75. The van der Waals surface area contributed by atoms with Crippen molar-refractivity contribution in [2.24, 2.45) is 0 Å². The van der Waals surface area contributed by atoms with Crippen molar-refractivity contribution in [1.82, 2.24) is 0 Å². The van der Waals surface area contributed by atoms with Gasteiger partial charge in [0.1, 0.15) is 5.75 Å². The van der Waals surface area contributed by atoms with Gasteiger partial charge in [0.25, 0.3) is 0 Å². The van der Waals surface area contributed by atoms with Crippen LogP contribution in [0.4, 0.5) is 0 Å². The van der Waals surface area contributed by atoms with Gasteiger partial charge in [-0.05, 0) is 18.2 Å². The van der Waals surface area contributed by atoms with Crippen LogP contribution in [-0.2, 0) is 9.53 Å². The lowest BCUT2D eigenvalue weighted by Crippen LogP contribution is -2.27. The van der Waals surface area contributed by atoms with Gasteiger partial charge in [0.2, 0.25) is 0 Å². The smallest absolute Gasteiger partial charge is 0.339 e. The van der Waals surface area contributed by atoms with Gasteiger partial charge in [0, 0.05) is 5.56 Å². The highest BCUT2D eigenvalue weighted by Gasteiger charge is 2.39. The van der Waals surface area contributed by atoms with Crippen molar-refractivity contribution in [2.45, 2.75) is 10.9 Å². The molecule has 1 aliphatic rings. The SMILES string of the molecule is O=C1O[C@@H]([C@@H](Br)C(=O)Oc2ccccc2)c2ccccc21. The molecule has 0 spiro atoms. The van der Waals surface area contributed by atoms with Crippen LogP contribution >= 0.6 is 15.9 Å². The van der Waals surface area contributed by atoms with E-state index in [0.717, 1.165) is 0 Å². The van der Waals surface area contributed by atoms with E-state index in [2.05, 4.69) is 15.9 Å². The first-order valence-electron chi connectivity index (χ1n) is 6.37. The number of carbonyl (C=O) groups is 2. The Labute approximate surface area is 129 Å². The second-order valence-electron chi connectivity index (χ2n) is 4.55. The molecule has 0 saturated heterocycles. The van der Waals surface area contributed by atoms with Crippen LogP contribution in [0.2, 0.25) is 0 Å². The molecule has 5 heteroatoms. The van der Waals surface area contributed by atoms with Crippen LogP contribution < -0.4 is 4.74 Å². The fourth-order valence-corrected chi connectivity index (χ4v) is 2.66. The van der Waals surface area contributed by atoms with Gasteiger partial charge in [0.05, 0.1) is 5.56 Å². The second kappa shape index (κ2) is 5.69. The minimum absolute atomic E-state index is 0.424. The molecule has 4 nitrogen and oxygen atoms in total. The lowest BCUT2D eigenvalue weighted by molar-refractivity contribution is -0.135.